The molecule has 71 heavy (non-hydrogen) atoms. The van der Waals surface area contributed by atoms with Crippen LogP contribution in [0, 0.1) is 0 Å². The number of allylic oxidation sites excluding steroid dienone is 1. The number of hydrogen-bond donors (Lipinski definition) is 7. The van der Waals surface area contributed by atoms with Gasteiger partial charge in [-0.2, -0.15) is 10.3 Å². The Morgan fingerprint density at radius 3 is 1.51 bits per heavy atom. The van der Waals surface area contributed by atoms with Crippen molar-refractivity contribution in [3.63, 3.8) is 0 Å². The summed E-state index contributed by atoms with van der Waals surface area (Å²) in [6.45, 7) is 6.77. The SMILES string of the molecule is CCO.CCOc1ccc(Oc2ccc(C(=O)/C=C/c3cc(O)c(O)c(Br)c3Br)cc2)cc1.CCOc1ccc(Oc2ccc(C3=NN(OC)C(c4cc(O)c(O)c(Br)c4Br)C3)cc2)cc1.CN.O=CO. The van der Waals surface area contributed by atoms with E-state index in [9.17, 15) is 25.2 Å². The molecule has 1 heterocycles. The number of phenolic OH excluding ortho intramolecular Hbond substituents is 4. The Morgan fingerprint density at radius 1 is 0.676 bits per heavy atom. The molecule has 378 valence electrons. The maximum Gasteiger partial charge on any atom is 0.290 e. The molecular weight excluding hydrogens is 1180 g/mol. The summed E-state index contributed by atoms with van der Waals surface area (Å²) in [7, 11) is 3.04. The maximum absolute atomic E-state index is 12.5. The number of phenols is 4. The highest BCUT2D eigenvalue weighted by Crippen LogP contribution is 2.47. The average Bonchev–Trinajstić information content (AvgIpc) is 3.82. The highest BCUT2D eigenvalue weighted by atomic mass is 79.9. The van der Waals surface area contributed by atoms with E-state index in [-0.39, 0.29) is 47.9 Å². The molecule has 16 nitrogen and oxygen atoms in total. The Kier molecular flexibility index (Phi) is 25.5. The Bertz CT molecular complexity index is 2690. The predicted molar refractivity (Wildman–Crippen MR) is 286 cm³/mol. The van der Waals surface area contributed by atoms with Crippen molar-refractivity contribution in [1.82, 2.24) is 5.17 Å². The van der Waals surface area contributed by atoms with E-state index >= 15 is 0 Å². The van der Waals surface area contributed by atoms with E-state index in [2.05, 4.69) is 74.6 Å². The average molecular weight is 1240 g/mol. The summed E-state index contributed by atoms with van der Waals surface area (Å²) in [5.74, 6) is 3.07. The first-order chi connectivity index (χ1) is 34.1. The van der Waals surface area contributed by atoms with E-state index in [1.807, 2.05) is 86.6 Å². The van der Waals surface area contributed by atoms with Gasteiger partial charge in [-0.15, -0.1) is 0 Å². The zero-order chi connectivity index (χ0) is 52.6. The molecule has 0 saturated carbocycles. The topological polar surface area (TPSA) is 243 Å². The van der Waals surface area contributed by atoms with Crippen molar-refractivity contribution >= 4 is 87.8 Å². The first-order valence-corrected chi connectivity index (χ1v) is 24.5. The maximum atomic E-state index is 12.5. The van der Waals surface area contributed by atoms with Crippen LogP contribution in [0.2, 0.25) is 0 Å². The number of aliphatic hydroxyl groups is 1. The van der Waals surface area contributed by atoms with Gasteiger partial charge in [0.2, 0.25) is 0 Å². The number of ketones is 1. The summed E-state index contributed by atoms with van der Waals surface area (Å²) >= 11 is 13.3. The van der Waals surface area contributed by atoms with Crippen LogP contribution >= 0.6 is 63.7 Å². The molecule has 1 aliphatic heterocycles. The minimum Gasteiger partial charge on any atom is -0.504 e. The number of aromatic hydroxyl groups is 4. The van der Waals surface area contributed by atoms with Crippen LogP contribution in [0.4, 0.5) is 0 Å². The van der Waals surface area contributed by atoms with Gasteiger partial charge in [-0.3, -0.25) is 14.4 Å². The number of hydroxylamine groups is 1. The minimum absolute atomic E-state index is 0.210. The van der Waals surface area contributed by atoms with Gasteiger partial charge in [-0.1, -0.05) is 0 Å². The summed E-state index contributed by atoms with van der Waals surface area (Å²) in [5.41, 5.74) is 8.01. The lowest BCUT2D eigenvalue weighted by Crippen LogP contribution is -2.18. The van der Waals surface area contributed by atoms with Crippen molar-refractivity contribution < 1.29 is 64.0 Å². The molecule has 6 aromatic rings. The normalized spacial score (nSPS) is 12.3. The predicted octanol–water partition coefficient (Wildman–Crippen LogP) is 12.5. The molecule has 1 atom stereocenters. The molecule has 0 spiro atoms. The fourth-order valence-electron chi connectivity index (χ4n) is 6.15. The van der Waals surface area contributed by atoms with Gasteiger partial charge in [0.15, 0.2) is 28.8 Å². The molecule has 8 N–H and O–H groups in total. The van der Waals surface area contributed by atoms with Crippen LogP contribution in [0.15, 0.2) is 138 Å². The third-order valence-electron chi connectivity index (χ3n) is 9.28. The smallest absolute Gasteiger partial charge is 0.290 e. The molecule has 0 bridgehead atoms. The lowest BCUT2D eigenvalue weighted by Gasteiger charge is -2.22. The molecule has 0 fully saturated rings. The number of hydrazone groups is 1. The highest BCUT2D eigenvalue weighted by Gasteiger charge is 2.32. The van der Waals surface area contributed by atoms with Crippen molar-refractivity contribution in [1.29, 1.82) is 0 Å². The second-order valence-corrected chi connectivity index (χ2v) is 17.0. The van der Waals surface area contributed by atoms with Gasteiger partial charge in [-0.25, -0.2) is 0 Å². The Labute approximate surface area is 445 Å². The Hall–Kier alpha value is -6.13. The van der Waals surface area contributed by atoms with Gasteiger partial charge >= 0.3 is 0 Å². The van der Waals surface area contributed by atoms with Gasteiger partial charge in [0.25, 0.3) is 6.47 Å². The van der Waals surface area contributed by atoms with Gasteiger partial charge in [0.1, 0.15) is 40.5 Å². The third kappa shape index (κ3) is 17.3. The number of carboxylic acid groups (broad SMARTS) is 1. The van der Waals surface area contributed by atoms with Gasteiger partial charge in [0.05, 0.1) is 35.0 Å². The molecule has 1 unspecified atom stereocenters. The number of benzene rings is 6. The molecule has 7 rings (SSSR count). The van der Waals surface area contributed by atoms with E-state index < -0.39 is 0 Å². The first kappa shape index (κ1) is 59.2. The molecule has 0 saturated heterocycles. The standard InChI is InChI=1S/C24H22Br2N2O5.C23H18Br2O5.C2H6O.CH5N.CH2O2/c1-3-32-15-8-10-17(11-9-15)33-16-6-4-14(5-7-16)19-13-20(28(27-19)31-2)18-12-21(29)24(30)23(26)22(18)25;1-2-29-16-8-10-18(11-9-16)30-17-6-3-14(4-7-17)19(26)12-5-15-13-20(27)23(28)22(25)21(15)24;1-2-3;1-2;2-1-3/h4-12,20,29-30H,3,13H2,1-2H3;3-13,27-28H,2H2,1H3;3H,2H2,1H3;2H2,1H3;1H,(H,2,3)/b;12-5+;;;. The van der Waals surface area contributed by atoms with E-state index in [0.717, 1.165) is 34.1 Å². The fraction of sp³-hybridized carbons (Fsp3) is 0.196. The first-order valence-electron chi connectivity index (χ1n) is 21.3. The Balaban J connectivity index is 0.000000329. The second kappa shape index (κ2) is 30.6. The van der Waals surface area contributed by atoms with Crippen LogP contribution in [-0.4, -0.2) is 87.8 Å². The fourth-order valence-corrected chi connectivity index (χ4v) is 8.01. The summed E-state index contributed by atoms with van der Waals surface area (Å²) < 4.78 is 24.4. The van der Waals surface area contributed by atoms with Gasteiger partial charge in [0, 0.05) is 27.5 Å². The van der Waals surface area contributed by atoms with Gasteiger partial charge in [-0.05, 0) is 230 Å². The van der Waals surface area contributed by atoms with Crippen LogP contribution in [0.1, 0.15) is 60.3 Å². The van der Waals surface area contributed by atoms with Crippen molar-refractivity contribution in [2.45, 2.75) is 33.2 Å². The molecule has 0 radical (unpaired) electrons. The third-order valence-corrected chi connectivity index (χ3v) is 13.6. The largest absolute Gasteiger partial charge is 0.504 e. The molecule has 0 aliphatic carbocycles. The van der Waals surface area contributed by atoms with E-state index in [4.69, 9.17) is 38.8 Å². The lowest BCUT2D eigenvalue weighted by molar-refractivity contribution is -0.154. The van der Waals surface area contributed by atoms with Crippen LogP contribution < -0.4 is 24.7 Å². The zero-order valence-electron chi connectivity index (χ0n) is 39.1. The number of halogens is 4. The number of aliphatic hydroxyl groups excluding tert-OH is 1. The quantitative estimate of drug-likeness (QED) is 0.0232. The molecule has 0 amide bonds. The highest BCUT2D eigenvalue weighted by molar-refractivity contribution is 9.13. The molecule has 1 aliphatic rings. The number of ether oxygens (including phenoxy) is 4. The number of nitrogens with two attached hydrogens (primary N) is 1. The summed E-state index contributed by atoms with van der Waals surface area (Å²) in [6.07, 6.45) is 3.49. The van der Waals surface area contributed by atoms with Crippen molar-refractivity contribution in [2.24, 2.45) is 10.8 Å². The van der Waals surface area contributed by atoms with E-state index in [1.54, 1.807) is 37.3 Å². The molecule has 6 aromatic carbocycles. The summed E-state index contributed by atoms with van der Waals surface area (Å²) in [4.78, 5) is 26.3. The van der Waals surface area contributed by atoms with Crippen LogP contribution in [0.25, 0.3) is 6.08 Å². The van der Waals surface area contributed by atoms with Crippen LogP contribution in [-0.2, 0) is 9.63 Å². The van der Waals surface area contributed by atoms with Gasteiger partial charge < -0.3 is 55.3 Å². The van der Waals surface area contributed by atoms with Crippen LogP contribution in [0.5, 0.6) is 57.5 Å². The molecule has 0 aromatic heterocycles. The lowest BCUT2D eigenvalue weighted by atomic mass is 9.98. The monoisotopic (exact) mass is 1230 g/mol. The number of nitrogens with zero attached hydrogens (tertiary/aromatic N) is 2. The number of carbonyl (C=O) groups excluding carboxylic acids is 1. The summed E-state index contributed by atoms with van der Waals surface area (Å²) in [5, 5.41) is 60.0. The number of carbonyl (C=O) groups is 2. The van der Waals surface area contributed by atoms with Crippen LogP contribution in [0.3, 0.4) is 0 Å². The minimum atomic E-state index is -0.290. The van der Waals surface area contributed by atoms with E-state index in [1.165, 1.54) is 37.5 Å². The molecule has 20 heteroatoms. The summed E-state index contributed by atoms with van der Waals surface area (Å²) in [6, 6.07) is 31.8. The number of hydrogen-bond acceptors (Lipinski definition) is 15. The van der Waals surface area contributed by atoms with Crippen molar-refractivity contribution in [3.8, 4) is 57.5 Å². The van der Waals surface area contributed by atoms with Crippen molar-refractivity contribution in [2.75, 3.05) is 34.0 Å². The number of rotatable bonds is 14. The molecular formula is C51H53Br4N3O13. The van der Waals surface area contributed by atoms with Crippen molar-refractivity contribution in [3.05, 3.63) is 155 Å². The Morgan fingerprint density at radius 2 is 1.07 bits per heavy atom. The zero-order valence-corrected chi connectivity index (χ0v) is 45.4. The second-order valence-electron chi connectivity index (χ2n) is 13.9. The van der Waals surface area contributed by atoms with E-state index in [0.29, 0.717) is 65.9 Å².